The summed E-state index contributed by atoms with van der Waals surface area (Å²) in [5, 5.41) is 7.61. The highest BCUT2D eigenvalue weighted by atomic mass is 35.5. The SMILES string of the molecule is CCOc1nc(-c2cccc(-c3cccc(-c4ccc(CNC[C@@H]5CCC(=O)C5)c(OCC)n4)c3Cl)c2Cl)ccc1CCC[C@@H]1CCC(=O)N1. The number of pyridine rings is 2. The lowest BCUT2D eigenvalue weighted by Gasteiger charge is -2.16. The number of nitrogens with zero attached hydrogens (tertiary/aromatic N) is 2. The summed E-state index contributed by atoms with van der Waals surface area (Å²) in [7, 11) is 0. The standard InChI is InChI=1S/C40H44Cl2N4O4/c1-3-49-39-26(8-5-9-28-17-21-36(48)44-28)15-19-34(45-39)32-12-6-10-30(37(32)41)31-11-7-13-33(38(31)42)35-20-16-27(40(46-35)50-4-2)24-43-23-25-14-18-29(47)22-25/h6-7,10-13,15-16,19-20,25,28,43H,3-5,8-9,14,17-18,21-24H2,1-2H3,(H,44,48)/t25-,28-/m1/s1. The van der Waals surface area contributed by atoms with Crippen molar-refractivity contribution in [1.29, 1.82) is 0 Å². The van der Waals surface area contributed by atoms with Gasteiger partial charge >= 0.3 is 0 Å². The van der Waals surface area contributed by atoms with E-state index in [1.54, 1.807) is 0 Å². The molecule has 262 valence electrons. The van der Waals surface area contributed by atoms with Crippen molar-refractivity contribution in [2.45, 2.75) is 77.8 Å². The smallest absolute Gasteiger partial charge is 0.220 e. The summed E-state index contributed by atoms with van der Waals surface area (Å²) < 4.78 is 11.9. The Morgan fingerprint density at radius 2 is 1.38 bits per heavy atom. The Bertz CT molecular complexity index is 1720. The van der Waals surface area contributed by atoms with E-state index in [1.807, 2.05) is 68.4 Å². The van der Waals surface area contributed by atoms with Crippen LogP contribution < -0.4 is 20.1 Å². The van der Waals surface area contributed by atoms with Gasteiger partial charge in [0, 0.05) is 65.2 Å². The van der Waals surface area contributed by atoms with Crippen LogP contribution in [0.25, 0.3) is 33.6 Å². The molecule has 1 saturated heterocycles. The number of aryl methyl sites for hydroxylation is 1. The van der Waals surface area contributed by atoms with Gasteiger partial charge in [0.2, 0.25) is 17.7 Å². The molecule has 0 spiro atoms. The first-order valence-electron chi connectivity index (χ1n) is 17.7. The summed E-state index contributed by atoms with van der Waals surface area (Å²) in [6.07, 6.45) is 6.48. The molecule has 50 heavy (non-hydrogen) atoms. The first-order valence-corrected chi connectivity index (χ1v) is 18.5. The quantitative estimate of drug-likeness (QED) is 0.127. The highest BCUT2D eigenvalue weighted by Gasteiger charge is 2.23. The zero-order valence-corrected chi connectivity index (χ0v) is 30.2. The summed E-state index contributed by atoms with van der Waals surface area (Å²) in [6.45, 7) is 6.27. The van der Waals surface area contributed by atoms with Gasteiger partial charge in [0.15, 0.2) is 0 Å². The fourth-order valence-corrected chi connectivity index (χ4v) is 7.52. The molecule has 6 rings (SSSR count). The second-order valence-electron chi connectivity index (χ2n) is 13.0. The fourth-order valence-electron chi connectivity index (χ4n) is 6.87. The third kappa shape index (κ3) is 8.48. The number of nitrogens with one attached hydrogen (secondary N) is 2. The van der Waals surface area contributed by atoms with E-state index in [9.17, 15) is 9.59 Å². The molecule has 0 radical (unpaired) electrons. The Kier molecular flexibility index (Phi) is 12.1. The predicted molar refractivity (Wildman–Crippen MR) is 199 cm³/mol. The van der Waals surface area contributed by atoms with E-state index in [0.717, 1.165) is 72.0 Å². The van der Waals surface area contributed by atoms with Crippen molar-refractivity contribution >= 4 is 34.9 Å². The minimum Gasteiger partial charge on any atom is -0.478 e. The van der Waals surface area contributed by atoms with Crippen LogP contribution in [-0.2, 0) is 22.6 Å². The van der Waals surface area contributed by atoms with Gasteiger partial charge < -0.3 is 20.1 Å². The first kappa shape index (κ1) is 35.8. The van der Waals surface area contributed by atoms with Crippen LogP contribution in [0.1, 0.15) is 69.9 Å². The normalized spacial score (nSPS) is 17.3. The zero-order chi connectivity index (χ0) is 35.0. The number of hydrogen-bond donors (Lipinski definition) is 2. The highest BCUT2D eigenvalue weighted by molar-refractivity contribution is 6.39. The minimum atomic E-state index is 0.143. The summed E-state index contributed by atoms with van der Waals surface area (Å²) in [5.41, 5.74) is 6.53. The van der Waals surface area contributed by atoms with Crippen LogP contribution in [0.5, 0.6) is 11.8 Å². The molecule has 2 fully saturated rings. The molecule has 8 nitrogen and oxygen atoms in total. The second kappa shape index (κ2) is 16.8. The predicted octanol–water partition coefficient (Wildman–Crippen LogP) is 8.64. The number of halogens is 2. The number of carbonyl (C=O) groups excluding carboxylic acids is 2. The third-order valence-electron chi connectivity index (χ3n) is 9.46. The fraction of sp³-hybridized carbons (Fsp3) is 0.400. The van der Waals surface area contributed by atoms with E-state index >= 15 is 0 Å². The maximum atomic E-state index is 11.7. The van der Waals surface area contributed by atoms with Crippen molar-refractivity contribution in [3.8, 4) is 45.4 Å². The molecule has 3 heterocycles. The number of benzene rings is 2. The van der Waals surface area contributed by atoms with E-state index in [0.29, 0.717) is 83.9 Å². The molecule has 2 N–H and O–H groups in total. The van der Waals surface area contributed by atoms with E-state index in [1.165, 1.54) is 0 Å². The van der Waals surface area contributed by atoms with Crippen molar-refractivity contribution < 1.29 is 19.1 Å². The third-order valence-corrected chi connectivity index (χ3v) is 10.3. The van der Waals surface area contributed by atoms with E-state index in [2.05, 4.69) is 16.7 Å². The average Bonchev–Trinajstić information content (AvgIpc) is 3.73. The van der Waals surface area contributed by atoms with Gasteiger partial charge in [0.1, 0.15) is 5.78 Å². The monoisotopic (exact) mass is 714 g/mol. The van der Waals surface area contributed by atoms with E-state index < -0.39 is 0 Å². The van der Waals surface area contributed by atoms with Crippen LogP contribution in [0.3, 0.4) is 0 Å². The highest BCUT2D eigenvalue weighted by Crippen LogP contribution is 2.42. The first-order chi connectivity index (χ1) is 24.3. The molecule has 10 heteroatoms. The van der Waals surface area contributed by atoms with Gasteiger partial charge in [0.25, 0.3) is 0 Å². The maximum Gasteiger partial charge on any atom is 0.220 e. The molecular formula is C40H44Cl2N4O4. The number of amides is 1. The largest absolute Gasteiger partial charge is 0.478 e. The van der Waals surface area contributed by atoms with Gasteiger partial charge in [-0.1, -0.05) is 71.7 Å². The van der Waals surface area contributed by atoms with Gasteiger partial charge in [-0.3, -0.25) is 9.59 Å². The van der Waals surface area contributed by atoms with Crippen LogP contribution in [-0.4, -0.2) is 47.5 Å². The molecule has 2 aromatic carbocycles. The molecule has 1 aliphatic heterocycles. The molecule has 0 bridgehead atoms. The lowest BCUT2D eigenvalue weighted by Crippen LogP contribution is -2.25. The molecule has 4 aromatic rings. The summed E-state index contributed by atoms with van der Waals surface area (Å²) in [4.78, 5) is 33.0. The lowest BCUT2D eigenvalue weighted by molar-refractivity contribution is -0.119. The number of Topliss-reactive ketones (excluding diaryl/α,β-unsaturated/α-hetero) is 1. The average molecular weight is 716 g/mol. The van der Waals surface area contributed by atoms with Gasteiger partial charge in [-0.25, -0.2) is 9.97 Å². The molecular weight excluding hydrogens is 671 g/mol. The van der Waals surface area contributed by atoms with Crippen LogP contribution in [0.4, 0.5) is 0 Å². The van der Waals surface area contributed by atoms with Crippen molar-refractivity contribution in [3.63, 3.8) is 0 Å². The number of ether oxygens (including phenoxy) is 2. The van der Waals surface area contributed by atoms with Gasteiger partial charge in [-0.15, -0.1) is 0 Å². The summed E-state index contributed by atoms with van der Waals surface area (Å²) >= 11 is 14.3. The molecule has 2 aliphatic rings. The zero-order valence-electron chi connectivity index (χ0n) is 28.7. The number of carbonyl (C=O) groups is 2. The Morgan fingerprint density at radius 3 is 1.94 bits per heavy atom. The van der Waals surface area contributed by atoms with Crippen molar-refractivity contribution in [2.75, 3.05) is 19.8 Å². The topological polar surface area (TPSA) is 102 Å². The summed E-state index contributed by atoms with van der Waals surface area (Å²) in [5.74, 6) is 2.05. The minimum absolute atomic E-state index is 0.143. The Labute approximate surface area is 304 Å². The van der Waals surface area contributed by atoms with Crippen molar-refractivity contribution in [3.05, 3.63) is 81.8 Å². The lowest BCUT2D eigenvalue weighted by atomic mass is 9.97. The van der Waals surface area contributed by atoms with Crippen LogP contribution >= 0.6 is 23.2 Å². The van der Waals surface area contributed by atoms with Gasteiger partial charge in [-0.2, -0.15) is 0 Å². The molecule has 1 amide bonds. The number of aromatic nitrogens is 2. The number of rotatable bonds is 15. The summed E-state index contributed by atoms with van der Waals surface area (Å²) in [6, 6.07) is 20.0. The van der Waals surface area contributed by atoms with Crippen LogP contribution in [0.2, 0.25) is 10.0 Å². The van der Waals surface area contributed by atoms with Crippen molar-refractivity contribution in [1.82, 2.24) is 20.6 Å². The van der Waals surface area contributed by atoms with Gasteiger partial charge in [0.05, 0.1) is 34.6 Å². The Morgan fingerprint density at radius 1 is 0.780 bits per heavy atom. The molecule has 2 atom stereocenters. The van der Waals surface area contributed by atoms with E-state index in [-0.39, 0.29) is 11.9 Å². The number of ketones is 1. The van der Waals surface area contributed by atoms with Crippen LogP contribution in [0, 0.1) is 5.92 Å². The van der Waals surface area contributed by atoms with Gasteiger partial charge in [-0.05, 0) is 70.5 Å². The maximum absolute atomic E-state index is 11.7. The van der Waals surface area contributed by atoms with E-state index in [4.69, 9.17) is 42.6 Å². The molecule has 0 unspecified atom stereocenters. The Hall–Kier alpha value is -3.98. The molecule has 2 aromatic heterocycles. The number of hydrogen-bond acceptors (Lipinski definition) is 7. The molecule has 1 aliphatic carbocycles. The Balaban J connectivity index is 1.22. The van der Waals surface area contributed by atoms with Crippen LogP contribution in [0.15, 0.2) is 60.7 Å². The van der Waals surface area contributed by atoms with Crippen molar-refractivity contribution in [2.24, 2.45) is 5.92 Å². The molecule has 1 saturated carbocycles. The second-order valence-corrected chi connectivity index (χ2v) is 13.8.